The molecule has 25 heavy (non-hydrogen) atoms. The molecule has 0 saturated carbocycles. The molecule has 0 atom stereocenters. The number of para-hydroxylation sites is 1. The van der Waals surface area contributed by atoms with Crippen molar-refractivity contribution < 1.29 is 4.79 Å². The van der Waals surface area contributed by atoms with E-state index in [-0.39, 0.29) is 5.91 Å². The van der Waals surface area contributed by atoms with Crippen molar-refractivity contribution in [3.63, 3.8) is 0 Å². The maximum absolute atomic E-state index is 12.1. The predicted octanol–water partition coefficient (Wildman–Crippen LogP) is 3.24. The van der Waals surface area contributed by atoms with Gasteiger partial charge in [-0.15, -0.1) is 0 Å². The van der Waals surface area contributed by atoms with Gasteiger partial charge < -0.3 is 15.5 Å². The van der Waals surface area contributed by atoms with Gasteiger partial charge in [-0.25, -0.2) is 4.98 Å². The summed E-state index contributed by atoms with van der Waals surface area (Å²) in [5.74, 6) is -0.142. The first-order valence-corrected chi connectivity index (χ1v) is 8.81. The van der Waals surface area contributed by atoms with E-state index >= 15 is 0 Å². The zero-order valence-electron chi connectivity index (χ0n) is 15.6. The molecular weight excluding hydrogens is 312 g/mol. The van der Waals surface area contributed by atoms with Crippen molar-refractivity contribution in [2.24, 2.45) is 0 Å². The number of nitrogens with zero attached hydrogens (tertiary/aromatic N) is 2. The van der Waals surface area contributed by atoms with Crippen molar-refractivity contribution in [1.29, 1.82) is 0 Å². The molecule has 5 heteroatoms. The molecule has 5 nitrogen and oxygen atoms in total. The van der Waals surface area contributed by atoms with Crippen LogP contribution < -0.4 is 10.6 Å². The quantitative estimate of drug-likeness (QED) is 0.774. The Kier molecular flexibility index (Phi) is 6.95. The lowest BCUT2D eigenvalue weighted by Crippen LogP contribution is -2.31. The molecule has 134 valence electrons. The van der Waals surface area contributed by atoms with Gasteiger partial charge >= 0.3 is 0 Å². The van der Waals surface area contributed by atoms with Crippen LogP contribution in [0.1, 0.15) is 35.5 Å². The maximum atomic E-state index is 12.1. The molecule has 0 radical (unpaired) electrons. The second-order valence-corrected chi connectivity index (χ2v) is 6.27. The van der Waals surface area contributed by atoms with E-state index in [9.17, 15) is 4.79 Å². The Morgan fingerprint density at radius 3 is 2.28 bits per heavy atom. The lowest BCUT2D eigenvalue weighted by molar-refractivity contribution is 0.0946. The van der Waals surface area contributed by atoms with Crippen LogP contribution in [0, 0.1) is 0 Å². The third-order valence-electron chi connectivity index (χ3n) is 4.11. The Morgan fingerprint density at radius 1 is 1.08 bits per heavy atom. The van der Waals surface area contributed by atoms with E-state index in [1.807, 2.05) is 25.1 Å². The third kappa shape index (κ3) is 5.29. The highest BCUT2D eigenvalue weighted by Gasteiger charge is 2.09. The molecule has 1 aromatic carbocycles. The highest BCUT2D eigenvalue weighted by molar-refractivity contribution is 5.92. The third-order valence-corrected chi connectivity index (χ3v) is 4.11. The first kappa shape index (κ1) is 18.9. The van der Waals surface area contributed by atoms with Gasteiger partial charge in [-0.1, -0.05) is 32.0 Å². The molecule has 0 saturated heterocycles. The molecule has 2 rings (SSSR count). The van der Waals surface area contributed by atoms with Crippen molar-refractivity contribution in [1.82, 2.24) is 15.2 Å². The number of anilines is 2. The number of nitrogens with one attached hydrogen (secondary N) is 2. The summed E-state index contributed by atoms with van der Waals surface area (Å²) < 4.78 is 0. The van der Waals surface area contributed by atoms with Crippen LogP contribution in [0.4, 0.5) is 11.4 Å². The molecule has 2 aromatic rings. The average Bonchev–Trinajstić information content (AvgIpc) is 2.62. The van der Waals surface area contributed by atoms with E-state index < -0.39 is 0 Å². The van der Waals surface area contributed by atoms with Gasteiger partial charge in [0.1, 0.15) is 5.69 Å². The van der Waals surface area contributed by atoms with Crippen molar-refractivity contribution >= 4 is 17.3 Å². The number of rotatable bonds is 8. The molecule has 0 aliphatic rings. The van der Waals surface area contributed by atoms with Gasteiger partial charge in [0.25, 0.3) is 5.91 Å². The van der Waals surface area contributed by atoms with E-state index in [0.717, 1.165) is 30.8 Å². The number of amides is 1. The fraction of sp³-hybridized carbons (Fsp3) is 0.400. The second-order valence-electron chi connectivity index (χ2n) is 6.27. The first-order chi connectivity index (χ1) is 12.0. The molecule has 0 unspecified atom stereocenters. The van der Waals surface area contributed by atoms with Gasteiger partial charge in [0, 0.05) is 18.8 Å². The number of hydrogen-bond donors (Lipinski definition) is 2. The Balaban J connectivity index is 2.07. The van der Waals surface area contributed by atoms with Crippen LogP contribution in [0.25, 0.3) is 0 Å². The minimum absolute atomic E-state index is 0.142. The average molecular weight is 340 g/mol. The van der Waals surface area contributed by atoms with Crippen LogP contribution >= 0.6 is 0 Å². The van der Waals surface area contributed by atoms with Gasteiger partial charge in [-0.05, 0) is 50.2 Å². The molecule has 1 aromatic heterocycles. The summed E-state index contributed by atoms with van der Waals surface area (Å²) in [5.41, 5.74) is 5.04. The molecule has 0 fully saturated rings. The Morgan fingerprint density at radius 2 is 1.76 bits per heavy atom. The van der Waals surface area contributed by atoms with E-state index in [1.54, 1.807) is 12.3 Å². The number of pyridine rings is 1. The van der Waals surface area contributed by atoms with Crippen LogP contribution in [0.2, 0.25) is 0 Å². The SMILES string of the molecule is CCc1cccc(CC)c1Nc1ccc(C(=O)NCCN(C)C)nc1. The van der Waals surface area contributed by atoms with Crippen LogP contribution in [0.5, 0.6) is 0 Å². The van der Waals surface area contributed by atoms with E-state index in [1.165, 1.54) is 11.1 Å². The van der Waals surface area contributed by atoms with Gasteiger partial charge in [0.15, 0.2) is 0 Å². The van der Waals surface area contributed by atoms with Crippen molar-refractivity contribution in [3.8, 4) is 0 Å². The fourth-order valence-electron chi connectivity index (χ4n) is 2.63. The number of aryl methyl sites for hydroxylation is 2. The lowest BCUT2D eigenvalue weighted by atomic mass is 10.0. The zero-order chi connectivity index (χ0) is 18.2. The minimum atomic E-state index is -0.142. The summed E-state index contributed by atoms with van der Waals surface area (Å²) in [7, 11) is 3.95. The molecule has 2 N–H and O–H groups in total. The second kappa shape index (κ2) is 9.18. The number of benzene rings is 1. The normalized spacial score (nSPS) is 10.8. The molecule has 1 heterocycles. The van der Waals surface area contributed by atoms with Crippen LogP contribution in [0.3, 0.4) is 0 Å². The number of aromatic nitrogens is 1. The highest BCUT2D eigenvalue weighted by atomic mass is 16.1. The number of carbonyl (C=O) groups is 1. The van der Waals surface area contributed by atoms with Crippen LogP contribution in [0.15, 0.2) is 36.5 Å². The molecule has 1 amide bonds. The summed E-state index contributed by atoms with van der Waals surface area (Å²) in [6.07, 6.45) is 3.65. The van der Waals surface area contributed by atoms with Crippen LogP contribution in [-0.2, 0) is 12.8 Å². The standard InChI is InChI=1S/C20H28N4O/c1-5-15-8-7-9-16(6-2)19(15)23-17-10-11-18(22-14-17)20(25)21-12-13-24(3)4/h7-11,14,23H,5-6,12-13H2,1-4H3,(H,21,25). The Labute approximate surface area is 150 Å². The zero-order valence-corrected chi connectivity index (χ0v) is 15.6. The summed E-state index contributed by atoms with van der Waals surface area (Å²) in [6, 6.07) is 10.0. The maximum Gasteiger partial charge on any atom is 0.269 e. The van der Waals surface area contributed by atoms with Gasteiger partial charge in [0.05, 0.1) is 11.9 Å². The van der Waals surface area contributed by atoms with Crippen molar-refractivity contribution in [2.75, 3.05) is 32.5 Å². The number of likely N-dealkylation sites (N-methyl/N-ethyl adjacent to an activating group) is 1. The highest BCUT2D eigenvalue weighted by Crippen LogP contribution is 2.26. The summed E-state index contributed by atoms with van der Waals surface area (Å²) in [4.78, 5) is 18.4. The van der Waals surface area contributed by atoms with E-state index in [4.69, 9.17) is 0 Å². The monoisotopic (exact) mass is 340 g/mol. The summed E-state index contributed by atoms with van der Waals surface area (Å²) in [5, 5.41) is 6.34. The lowest BCUT2D eigenvalue weighted by Gasteiger charge is -2.15. The van der Waals surface area contributed by atoms with Crippen molar-refractivity contribution in [2.45, 2.75) is 26.7 Å². The first-order valence-electron chi connectivity index (χ1n) is 8.81. The smallest absolute Gasteiger partial charge is 0.269 e. The number of carbonyl (C=O) groups excluding carboxylic acids is 1. The minimum Gasteiger partial charge on any atom is -0.354 e. The number of hydrogen-bond acceptors (Lipinski definition) is 4. The van der Waals surface area contributed by atoms with Gasteiger partial charge in [-0.2, -0.15) is 0 Å². The fourth-order valence-corrected chi connectivity index (χ4v) is 2.63. The van der Waals surface area contributed by atoms with E-state index in [0.29, 0.717) is 12.2 Å². The summed E-state index contributed by atoms with van der Waals surface area (Å²) in [6.45, 7) is 5.72. The van der Waals surface area contributed by atoms with E-state index in [2.05, 4.69) is 47.7 Å². The largest absolute Gasteiger partial charge is 0.354 e. The van der Waals surface area contributed by atoms with Crippen LogP contribution in [-0.4, -0.2) is 43.0 Å². The van der Waals surface area contributed by atoms with Gasteiger partial charge in [0.2, 0.25) is 0 Å². The molecule has 0 bridgehead atoms. The van der Waals surface area contributed by atoms with Crippen molar-refractivity contribution in [3.05, 3.63) is 53.3 Å². The Hall–Kier alpha value is -2.40. The predicted molar refractivity (Wildman–Crippen MR) is 104 cm³/mol. The molecular formula is C20H28N4O. The molecule has 0 spiro atoms. The van der Waals surface area contributed by atoms with Gasteiger partial charge in [-0.3, -0.25) is 4.79 Å². The molecule has 0 aliphatic carbocycles. The topological polar surface area (TPSA) is 57.3 Å². The Bertz CT molecular complexity index is 673. The molecule has 0 aliphatic heterocycles. The summed E-state index contributed by atoms with van der Waals surface area (Å²) >= 11 is 0.